The predicted octanol–water partition coefficient (Wildman–Crippen LogP) is 5.58. The SMILES string of the molecule is Cc1cccc(Cn2[nH]c(-c3ccc(C(=O)N4CCN(c5cccc(Cl)c5)CC4)cc3)nc2=S)c1. The number of carbonyl (C=O) groups is 1. The molecule has 1 aliphatic rings. The van der Waals surface area contributed by atoms with Crippen molar-refractivity contribution in [1.29, 1.82) is 0 Å². The number of piperazine rings is 1. The van der Waals surface area contributed by atoms with Crippen molar-refractivity contribution < 1.29 is 4.79 Å². The van der Waals surface area contributed by atoms with Gasteiger partial charge in [-0.2, -0.15) is 4.98 Å². The number of amides is 1. The molecular weight excluding hydrogens is 478 g/mol. The third kappa shape index (κ3) is 5.31. The Morgan fingerprint density at radius 3 is 2.46 bits per heavy atom. The summed E-state index contributed by atoms with van der Waals surface area (Å²) in [6, 6.07) is 23.7. The summed E-state index contributed by atoms with van der Waals surface area (Å²) in [4.78, 5) is 21.8. The monoisotopic (exact) mass is 503 g/mol. The molecule has 0 aliphatic carbocycles. The van der Waals surface area contributed by atoms with Crippen LogP contribution in [0.4, 0.5) is 5.69 Å². The molecule has 0 bridgehead atoms. The smallest absolute Gasteiger partial charge is 0.253 e. The van der Waals surface area contributed by atoms with Crippen molar-refractivity contribution in [2.45, 2.75) is 13.5 Å². The van der Waals surface area contributed by atoms with Crippen LogP contribution in [0.15, 0.2) is 72.8 Å². The highest BCUT2D eigenvalue weighted by molar-refractivity contribution is 7.71. The second-order valence-corrected chi connectivity index (χ2v) is 9.57. The van der Waals surface area contributed by atoms with Crippen LogP contribution in [0.1, 0.15) is 21.5 Å². The fraction of sp³-hybridized carbons (Fsp3) is 0.222. The fourth-order valence-corrected chi connectivity index (χ4v) is 4.77. The number of hydrogen-bond donors (Lipinski definition) is 1. The molecule has 0 radical (unpaired) electrons. The standard InChI is InChI=1S/C27H26ClN5OS/c1-19-4-2-5-20(16-19)18-33-27(35)29-25(30-33)21-8-10-22(11-9-21)26(34)32-14-12-31(13-15-32)24-7-3-6-23(28)17-24/h2-11,16-17H,12-15,18H2,1H3,(H,29,30,35). The van der Waals surface area contributed by atoms with Crippen LogP contribution in [0, 0.1) is 11.7 Å². The molecule has 8 heteroatoms. The van der Waals surface area contributed by atoms with E-state index < -0.39 is 0 Å². The van der Waals surface area contributed by atoms with Gasteiger partial charge < -0.3 is 9.80 Å². The van der Waals surface area contributed by atoms with Crippen molar-refractivity contribution in [2.24, 2.45) is 0 Å². The second kappa shape index (κ2) is 10.1. The van der Waals surface area contributed by atoms with Gasteiger partial charge in [0.05, 0.1) is 6.54 Å². The molecule has 4 aromatic rings. The maximum absolute atomic E-state index is 13.1. The van der Waals surface area contributed by atoms with Crippen molar-refractivity contribution in [2.75, 3.05) is 31.1 Å². The Balaban J connectivity index is 1.24. The van der Waals surface area contributed by atoms with Crippen LogP contribution in [0.3, 0.4) is 0 Å². The van der Waals surface area contributed by atoms with Gasteiger partial charge in [-0.3, -0.25) is 14.6 Å². The maximum atomic E-state index is 13.1. The van der Waals surface area contributed by atoms with Crippen LogP contribution in [0.2, 0.25) is 5.02 Å². The van der Waals surface area contributed by atoms with Crippen LogP contribution in [-0.2, 0) is 6.54 Å². The van der Waals surface area contributed by atoms with Gasteiger partial charge in [0, 0.05) is 48.0 Å². The van der Waals surface area contributed by atoms with Gasteiger partial charge in [-0.25, -0.2) is 0 Å². The van der Waals surface area contributed by atoms with Crippen molar-refractivity contribution in [3.63, 3.8) is 0 Å². The Morgan fingerprint density at radius 1 is 1.00 bits per heavy atom. The Bertz CT molecular complexity index is 1400. The molecule has 6 nitrogen and oxygen atoms in total. The Kier molecular flexibility index (Phi) is 6.70. The molecule has 178 valence electrons. The topological polar surface area (TPSA) is 57.2 Å². The van der Waals surface area contributed by atoms with Crippen molar-refractivity contribution in [1.82, 2.24) is 19.7 Å². The molecule has 0 saturated carbocycles. The van der Waals surface area contributed by atoms with Gasteiger partial charge in [0.2, 0.25) is 4.77 Å². The van der Waals surface area contributed by atoms with E-state index in [1.807, 2.05) is 58.1 Å². The lowest BCUT2D eigenvalue weighted by atomic mass is 10.1. The van der Waals surface area contributed by atoms with Gasteiger partial charge in [-0.1, -0.05) is 59.6 Å². The predicted molar refractivity (Wildman–Crippen MR) is 143 cm³/mol. The molecule has 3 aromatic carbocycles. The quantitative estimate of drug-likeness (QED) is 0.361. The van der Waals surface area contributed by atoms with E-state index in [4.69, 9.17) is 23.8 Å². The molecule has 35 heavy (non-hydrogen) atoms. The average molecular weight is 504 g/mol. The number of rotatable bonds is 5. The first-order valence-electron chi connectivity index (χ1n) is 11.6. The number of anilines is 1. The molecule has 5 rings (SSSR count). The number of halogens is 1. The van der Waals surface area contributed by atoms with Crippen LogP contribution in [-0.4, -0.2) is 51.8 Å². The Labute approximate surface area is 214 Å². The van der Waals surface area contributed by atoms with Gasteiger partial charge in [-0.05, 0) is 55.0 Å². The first-order valence-corrected chi connectivity index (χ1v) is 12.4. The number of aromatic amines is 1. The zero-order chi connectivity index (χ0) is 24.4. The lowest BCUT2D eigenvalue weighted by Crippen LogP contribution is -2.48. The van der Waals surface area contributed by atoms with Crippen LogP contribution in [0.5, 0.6) is 0 Å². The van der Waals surface area contributed by atoms with Crippen molar-refractivity contribution in [3.05, 3.63) is 99.3 Å². The van der Waals surface area contributed by atoms with Crippen LogP contribution >= 0.6 is 23.8 Å². The van der Waals surface area contributed by atoms with E-state index in [1.165, 1.54) is 5.56 Å². The molecule has 1 amide bonds. The summed E-state index contributed by atoms with van der Waals surface area (Å²) in [5.41, 5.74) is 5.02. The van der Waals surface area contributed by atoms with E-state index in [0.29, 0.717) is 35.8 Å². The van der Waals surface area contributed by atoms with E-state index in [2.05, 4.69) is 46.2 Å². The lowest BCUT2D eigenvalue weighted by Gasteiger charge is -2.36. The summed E-state index contributed by atoms with van der Waals surface area (Å²) in [7, 11) is 0. The van der Waals surface area contributed by atoms with Gasteiger partial charge in [0.25, 0.3) is 5.91 Å². The maximum Gasteiger partial charge on any atom is 0.253 e. The summed E-state index contributed by atoms with van der Waals surface area (Å²) >= 11 is 11.6. The number of aromatic nitrogens is 3. The second-order valence-electron chi connectivity index (χ2n) is 8.77. The summed E-state index contributed by atoms with van der Waals surface area (Å²) in [6.45, 7) is 5.60. The van der Waals surface area contributed by atoms with E-state index in [0.717, 1.165) is 34.9 Å². The summed E-state index contributed by atoms with van der Waals surface area (Å²) < 4.78 is 2.36. The van der Waals surface area contributed by atoms with E-state index in [1.54, 1.807) is 0 Å². The Morgan fingerprint density at radius 2 is 1.74 bits per heavy atom. The van der Waals surface area contributed by atoms with Gasteiger partial charge in [0.1, 0.15) is 0 Å². The number of aryl methyl sites for hydroxylation is 1. The van der Waals surface area contributed by atoms with Crippen molar-refractivity contribution in [3.8, 4) is 11.4 Å². The number of benzene rings is 3. The average Bonchev–Trinajstić information content (AvgIpc) is 3.24. The number of nitrogens with one attached hydrogen (secondary N) is 1. The number of nitrogens with zero attached hydrogens (tertiary/aromatic N) is 4. The first-order chi connectivity index (χ1) is 17.0. The number of hydrogen-bond acceptors (Lipinski definition) is 4. The molecular formula is C27H26ClN5OS. The van der Waals surface area contributed by atoms with Gasteiger partial charge >= 0.3 is 0 Å². The molecule has 0 unspecified atom stereocenters. The molecule has 1 aromatic heterocycles. The normalized spacial score (nSPS) is 13.8. The summed E-state index contributed by atoms with van der Waals surface area (Å²) in [5, 5.41) is 4.02. The zero-order valence-corrected chi connectivity index (χ0v) is 21.0. The minimum absolute atomic E-state index is 0.0419. The molecule has 2 heterocycles. The highest BCUT2D eigenvalue weighted by atomic mass is 35.5. The minimum atomic E-state index is 0.0419. The van der Waals surface area contributed by atoms with Crippen molar-refractivity contribution >= 4 is 35.4 Å². The molecule has 1 saturated heterocycles. The molecule has 0 atom stereocenters. The van der Waals surface area contributed by atoms with E-state index in [9.17, 15) is 4.79 Å². The number of carbonyl (C=O) groups excluding carboxylic acids is 1. The summed E-state index contributed by atoms with van der Waals surface area (Å²) in [6.07, 6.45) is 0. The third-order valence-corrected chi connectivity index (χ3v) is 6.79. The van der Waals surface area contributed by atoms with E-state index >= 15 is 0 Å². The highest BCUT2D eigenvalue weighted by Gasteiger charge is 2.22. The Hall–Kier alpha value is -3.42. The fourth-order valence-electron chi connectivity index (χ4n) is 4.38. The first kappa shape index (κ1) is 23.3. The third-order valence-electron chi connectivity index (χ3n) is 6.25. The molecule has 1 aliphatic heterocycles. The highest BCUT2D eigenvalue weighted by Crippen LogP contribution is 2.22. The van der Waals surface area contributed by atoms with Crippen LogP contribution in [0.25, 0.3) is 11.4 Å². The zero-order valence-electron chi connectivity index (χ0n) is 19.4. The summed E-state index contributed by atoms with van der Waals surface area (Å²) in [5.74, 6) is 0.733. The van der Waals surface area contributed by atoms with Gasteiger partial charge in [0.15, 0.2) is 5.82 Å². The largest absolute Gasteiger partial charge is 0.368 e. The molecule has 0 spiro atoms. The minimum Gasteiger partial charge on any atom is -0.368 e. The lowest BCUT2D eigenvalue weighted by molar-refractivity contribution is 0.0747. The number of H-pyrrole nitrogens is 1. The molecule has 1 N–H and O–H groups in total. The van der Waals surface area contributed by atoms with Crippen LogP contribution < -0.4 is 4.90 Å². The van der Waals surface area contributed by atoms with E-state index in [-0.39, 0.29) is 5.91 Å². The van der Waals surface area contributed by atoms with Gasteiger partial charge in [-0.15, -0.1) is 0 Å². The molecule has 1 fully saturated rings.